The summed E-state index contributed by atoms with van der Waals surface area (Å²) in [4.78, 5) is 12.4. The maximum absolute atomic E-state index is 12.4. The van der Waals surface area contributed by atoms with Gasteiger partial charge in [-0.15, -0.1) is 0 Å². The topological polar surface area (TPSA) is 38.3 Å². The summed E-state index contributed by atoms with van der Waals surface area (Å²) in [5.41, 5.74) is 0.315. The second kappa shape index (κ2) is 6.18. The van der Waals surface area contributed by atoms with Crippen LogP contribution in [0.2, 0.25) is 0 Å². The molecule has 1 aliphatic rings. The van der Waals surface area contributed by atoms with Crippen LogP contribution < -0.4 is 5.32 Å². The molecule has 2 atom stereocenters. The summed E-state index contributed by atoms with van der Waals surface area (Å²) in [7, 11) is 0. The van der Waals surface area contributed by atoms with Crippen LogP contribution in [0.25, 0.3) is 0 Å². The predicted molar refractivity (Wildman–Crippen MR) is 83.7 cm³/mol. The Morgan fingerprint density at radius 1 is 1.58 bits per heavy atom. The molecule has 1 aromatic carbocycles. The van der Waals surface area contributed by atoms with Crippen LogP contribution in [-0.2, 0) is 9.53 Å². The van der Waals surface area contributed by atoms with Gasteiger partial charge in [0.1, 0.15) is 5.54 Å². The van der Waals surface area contributed by atoms with Crippen LogP contribution in [-0.4, -0.2) is 29.1 Å². The summed E-state index contributed by atoms with van der Waals surface area (Å²) in [5, 5.41) is 3.61. The standard InChI is InChI=1S/C14H18BrNO2S/c1-3-18-13(17)14(8-9-19-10(14)2)16-12-7-5-4-6-11(12)15/h4-7,10,16H,3,8-9H2,1-2H3. The number of halogens is 1. The van der Waals surface area contributed by atoms with Crippen LogP contribution >= 0.6 is 27.7 Å². The van der Waals surface area contributed by atoms with E-state index in [0.717, 1.165) is 22.3 Å². The van der Waals surface area contributed by atoms with Crippen LogP contribution in [0.15, 0.2) is 28.7 Å². The molecule has 0 radical (unpaired) electrons. The molecule has 2 rings (SSSR count). The van der Waals surface area contributed by atoms with Gasteiger partial charge in [0, 0.05) is 15.4 Å². The lowest BCUT2D eigenvalue weighted by molar-refractivity contribution is -0.148. The lowest BCUT2D eigenvalue weighted by Crippen LogP contribution is -2.51. The molecule has 0 amide bonds. The molecule has 1 heterocycles. The van der Waals surface area contributed by atoms with Crippen molar-refractivity contribution in [1.29, 1.82) is 0 Å². The third-order valence-corrected chi connectivity index (χ3v) is 5.46. The number of anilines is 1. The number of benzene rings is 1. The summed E-state index contributed by atoms with van der Waals surface area (Å²) in [6.45, 7) is 4.34. The second-order valence-corrected chi connectivity index (χ2v) is 6.86. The van der Waals surface area contributed by atoms with Crippen molar-refractivity contribution in [1.82, 2.24) is 0 Å². The first kappa shape index (κ1) is 14.7. The molecular weight excluding hydrogens is 326 g/mol. The molecule has 0 saturated carbocycles. The number of nitrogens with one attached hydrogen (secondary N) is 1. The Morgan fingerprint density at radius 3 is 2.89 bits per heavy atom. The second-order valence-electron chi connectivity index (χ2n) is 4.56. The van der Waals surface area contributed by atoms with E-state index in [1.807, 2.05) is 31.2 Å². The van der Waals surface area contributed by atoms with E-state index >= 15 is 0 Å². The third kappa shape index (κ3) is 2.92. The number of rotatable bonds is 4. The van der Waals surface area contributed by atoms with E-state index < -0.39 is 5.54 Å². The smallest absolute Gasteiger partial charge is 0.332 e. The molecule has 2 unspecified atom stereocenters. The third-order valence-electron chi connectivity index (χ3n) is 3.43. The molecule has 5 heteroatoms. The quantitative estimate of drug-likeness (QED) is 0.846. The highest BCUT2D eigenvalue weighted by Crippen LogP contribution is 2.40. The van der Waals surface area contributed by atoms with Crippen molar-refractivity contribution >= 4 is 39.3 Å². The Kier molecular flexibility index (Phi) is 4.79. The highest BCUT2D eigenvalue weighted by atomic mass is 79.9. The van der Waals surface area contributed by atoms with Crippen molar-refractivity contribution in [2.24, 2.45) is 0 Å². The lowest BCUT2D eigenvalue weighted by Gasteiger charge is -2.32. The number of hydrogen-bond acceptors (Lipinski definition) is 4. The summed E-state index contributed by atoms with van der Waals surface area (Å²) in [6, 6.07) is 7.85. The van der Waals surface area contributed by atoms with Gasteiger partial charge in [0.25, 0.3) is 0 Å². The molecule has 1 N–H and O–H groups in total. The normalized spacial score (nSPS) is 26.2. The molecule has 1 saturated heterocycles. The van der Waals surface area contributed by atoms with Crippen LogP contribution in [0.4, 0.5) is 5.69 Å². The number of hydrogen-bond donors (Lipinski definition) is 1. The highest BCUT2D eigenvalue weighted by Gasteiger charge is 2.49. The van der Waals surface area contributed by atoms with Gasteiger partial charge in [-0.2, -0.15) is 11.8 Å². The Hall–Kier alpha value is -0.680. The number of para-hydroxylation sites is 1. The van der Waals surface area contributed by atoms with Crippen molar-refractivity contribution in [2.75, 3.05) is 17.7 Å². The minimum Gasteiger partial charge on any atom is -0.464 e. The average Bonchev–Trinajstić information content (AvgIpc) is 2.75. The van der Waals surface area contributed by atoms with E-state index in [2.05, 4.69) is 28.2 Å². The van der Waals surface area contributed by atoms with Crippen molar-refractivity contribution < 1.29 is 9.53 Å². The van der Waals surface area contributed by atoms with Gasteiger partial charge in [-0.05, 0) is 47.2 Å². The van der Waals surface area contributed by atoms with Gasteiger partial charge in [0.2, 0.25) is 0 Å². The molecule has 0 spiro atoms. The zero-order valence-electron chi connectivity index (χ0n) is 11.1. The van der Waals surface area contributed by atoms with Crippen LogP contribution in [0, 0.1) is 0 Å². The minimum absolute atomic E-state index is 0.150. The average molecular weight is 344 g/mol. The maximum atomic E-state index is 12.4. The maximum Gasteiger partial charge on any atom is 0.332 e. The SMILES string of the molecule is CCOC(=O)C1(Nc2ccccc2Br)CCSC1C. The predicted octanol–water partition coefficient (Wildman–Crippen LogP) is 3.69. The van der Waals surface area contributed by atoms with Crippen LogP contribution in [0.3, 0.4) is 0 Å². The molecule has 1 aliphatic heterocycles. The van der Waals surface area contributed by atoms with Crippen LogP contribution in [0.5, 0.6) is 0 Å². The number of ether oxygens (including phenoxy) is 1. The van der Waals surface area contributed by atoms with E-state index in [0.29, 0.717) is 6.61 Å². The van der Waals surface area contributed by atoms with E-state index in [1.54, 1.807) is 11.8 Å². The summed E-state index contributed by atoms with van der Waals surface area (Å²) in [5.74, 6) is 0.820. The van der Waals surface area contributed by atoms with E-state index in [-0.39, 0.29) is 11.2 Å². The van der Waals surface area contributed by atoms with Crippen molar-refractivity contribution in [3.63, 3.8) is 0 Å². The molecule has 1 fully saturated rings. The van der Waals surface area contributed by atoms with Gasteiger partial charge < -0.3 is 10.1 Å². The molecule has 0 aliphatic carbocycles. The monoisotopic (exact) mass is 343 g/mol. The molecular formula is C14H18BrNO2S. The minimum atomic E-state index is -0.620. The van der Waals surface area contributed by atoms with Gasteiger partial charge in [-0.3, -0.25) is 0 Å². The first-order chi connectivity index (χ1) is 9.10. The summed E-state index contributed by atoms with van der Waals surface area (Å²) in [6.07, 6.45) is 0.791. The molecule has 0 aromatic heterocycles. The fourth-order valence-electron chi connectivity index (χ4n) is 2.29. The van der Waals surface area contributed by atoms with Gasteiger partial charge in [-0.1, -0.05) is 19.1 Å². The van der Waals surface area contributed by atoms with E-state index in [4.69, 9.17) is 4.74 Å². The Balaban J connectivity index is 2.29. The fourth-order valence-corrected chi connectivity index (χ4v) is 4.02. The van der Waals surface area contributed by atoms with Crippen molar-refractivity contribution in [3.05, 3.63) is 28.7 Å². The number of thioether (sulfide) groups is 1. The number of carbonyl (C=O) groups is 1. The fraction of sp³-hybridized carbons (Fsp3) is 0.500. The zero-order chi connectivity index (χ0) is 13.9. The first-order valence-corrected chi connectivity index (χ1v) is 8.26. The molecule has 0 bridgehead atoms. The van der Waals surface area contributed by atoms with Gasteiger partial charge in [-0.25, -0.2) is 4.79 Å². The van der Waals surface area contributed by atoms with Crippen LogP contribution in [0.1, 0.15) is 20.3 Å². The van der Waals surface area contributed by atoms with Crippen molar-refractivity contribution in [2.45, 2.75) is 31.1 Å². The van der Waals surface area contributed by atoms with Gasteiger partial charge in [0.05, 0.1) is 6.61 Å². The summed E-state index contributed by atoms with van der Waals surface area (Å²) < 4.78 is 6.24. The van der Waals surface area contributed by atoms with E-state index in [1.165, 1.54) is 0 Å². The Labute approximate surface area is 126 Å². The number of carbonyl (C=O) groups excluding carboxylic acids is 1. The lowest BCUT2D eigenvalue weighted by atomic mass is 9.92. The molecule has 3 nitrogen and oxygen atoms in total. The first-order valence-electron chi connectivity index (χ1n) is 6.41. The highest BCUT2D eigenvalue weighted by molar-refractivity contribution is 9.10. The molecule has 1 aromatic rings. The largest absolute Gasteiger partial charge is 0.464 e. The van der Waals surface area contributed by atoms with Gasteiger partial charge in [0.15, 0.2) is 0 Å². The van der Waals surface area contributed by atoms with E-state index in [9.17, 15) is 4.79 Å². The summed E-state index contributed by atoms with van der Waals surface area (Å²) >= 11 is 5.32. The Morgan fingerprint density at radius 2 is 2.32 bits per heavy atom. The Bertz CT molecular complexity index is 469. The molecule has 19 heavy (non-hydrogen) atoms. The molecule has 104 valence electrons. The van der Waals surface area contributed by atoms with Gasteiger partial charge >= 0.3 is 5.97 Å². The zero-order valence-corrected chi connectivity index (χ0v) is 13.5. The van der Waals surface area contributed by atoms with Crippen molar-refractivity contribution in [3.8, 4) is 0 Å². The number of esters is 1.